The number of piperazine rings is 1. The molecule has 2 aromatic rings. The fraction of sp³-hybridized carbons (Fsp3) is 0.400. The first-order chi connectivity index (χ1) is 11.2. The molecule has 4 rings (SSSR count). The zero-order valence-corrected chi connectivity index (χ0v) is 13.6. The molecule has 23 heavy (non-hydrogen) atoms. The number of halogens is 1. The normalized spacial score (nSPS) is 22.3. The lowest BCUT2D eigenvalue weighted by atomic mass is 9.93. The van der Waals surface area contributed by atoms with Crippen molar-refractivity contribution < 1.29 is 4.39 Å². The van der Waals surface area contributed by atoms with Gasteiger partial charge in [0.15, 0.2) is 0 Å². The van der Waals surface area contributed by atoms with Crippen LogP contribution in [0.4, 0.5) is 10.1 Å². The van der Waals surface area contributed by atoms with Crippen LogP contribution >= 0.6 is 0 Å². The Morgan fingerprint density at radius 2 is 1.91 bits per heavy atom. The van der Waals surface area contributed by atoms with Crippen LogP contribution in [0.3, 0.4) is 0 Å². The van der Waals surface area contributed by atoms with E-state index in [4.69, 9.17) is 0 Å². The predicted octanol–water partition coefficient (Wildman–Crippen LogP) is 4.02. The molecule has 120 valence electrons. The Morgan fingerprint density at radius 1 is 1.09 bits per heavy atom. The Kier molecular flexibility index (Phi) is 3.82. The molecule has 0 amide bonds. The summed E-state index contributed by atoms with van der Waals surface area (Å²) in [7, 11) is 0. The second kappa shape index (κ2) is 5.97. The molecule has 0 aromatic heterocycles. The number of benzene rings is 2. The van der Waals surface area contributed by atoms with E-state index < -0.39 is 0 Å². The third kappa shape index (κ3) is 2.74. The molecule has 0 radical (unpaired) electrons. The first kappa shape index (κ1) is 14.7. The van der Waals surface area contributed by atoms with E-state index in [-0.39, 0.29) is 5.82 Å². The number of anilines is 1. The quantitative estimate of drug-likeness (QED) is 0.826. The van der Waals surface area contributed by atoms with Crippen LogP contribution in [0.15, 0.2) is 48.5 Å². The number of aryl methyl sites for hydroxylation is 1. The highest BCUT2D eigenvalue weighted by Crippen LogP contribution is 2.35. The maximum atomic E-state index is 13.6. The van der Waals surface area contributed by atoms with E-state index in [0.717, 1.165) is 38.2 Å². The third-order valence-electron chi connectivity index (χ3n) is 5.45. The van der Waals surface area contributed by atoms with Crippen LogP contribution in [0.25, 0.3) is 0 Å². The fourth-order valence-electron chi connectivity index (χ4n) is 4.08. The van der Waals surface area contributed by atoms with E-state index in [2.05, 4.69) is 47.1 Å². The van der Waals surface area contributed by atoms with Crippen molar-refractivity contribution in [1.82, 2.24) is 4.90 Å². The Bertz CT molecular complexity index is 685. The summed E-state index contributed by atoms with van der Waals surface area (Å²) in [6.45, 7) is 5.37. The van der Waals surface area contributed by atoms with Crippen molar-refractivity contribution in [1.29, 1.82) is 0 Å². The molecule has 2 heterocycles. The minimum absolute atomic E-state index is 0.121. The lowest BCUT2D eigenvalue weighted by molar-refractivity contribution is 0.165. The Morgan fingerprint density at radius 3 is 2.74 bits per heavy atom. The number of fused-ring (bicyclic) bond motifs is 3. The van der Waals surface area contributed by atoms with E-state index in [0.29, 0.717) is 12.1 Å². The van der Waals surface area contributed by atoms with Gasteiger partial charge in [-0.05, 0) is 43.0 Å². The van der Waals surface area contributed by atoms with Gasteiger partial charge in [0, 0.05) is 37.4 Å². The Hall–Kier alpha value is -1.87. The highest BCUT2D eigenvalue weighted by Gasteiger charge is 2.33. The van der Waals surface area contributed by atoms with E-state index in [9.17, 15) is 4.39 Å². The van der Waals surface area contributed by atoms with Crippen LogP contribution in [0, 0.1) is 5.82 Å². The molecule has 0 aliphatic carbocycles. The molecule has 2 aliphatic heterocycles. The van der Waals surface area contributed by atoms with Gasteiger partial charge >= 0.3 is 0 Å². The van der Waals surface area contributed by atoms with Gasteiger partial charge in [-0.25, -0.2) is 4.39 Å². The first-order valence-electron chi connectivity index (χ1n) is 8.56. The average Bonchev–Trinajstić information content (AvgIpc) is 2.61. The summed E-state index contributed by atoms with van der Waals surface area (Å²) in [5.74, 6) is -0.121. The summed E-state index contributed by atoms with van der Waals surface area (Å²) in [5.41, 5.74) is 3.80. The number of hydrogen-bond acceptors (Lipinski definition) is 2. The lowest BCUT2D eigenvalue weighted by Crippen LogP contribution is -2.55. The van der Waals surface area contributed by atoms with Gasteiger partial charge in [0.1, 0.15) is 5.82 Å². The van der Waals surface area contributed by atoms with E-state index >= 15 is 0 Å². The number of nitrogens with zero attached hydrogens (tertiary/aromatic N) is 2. The molecule has 0 saturated carbocycles. The van der Waals surface area contributed by atoms with Gasteiger partial charge < -0.3 is 4.90 Å². The summed E-state index contributed by atoms with van der Waals surface area (Å²) >= 11 is 0. The molecular weight excluding hydrogens is 287 g/mol. The Balaban J connectivity index is 1.53. The van der Waals surface area contributed by atoms with E-state index in [1.54, 1.807) is 12.1 Å². The maximum Gasteiger partial charge on any atom is 0.125 e. The Labute approximate surface area is 137 Å². The van der Waals surface area contributed by atoms with Gasteiger partial charge in [-0.2, -0.15) is 0 Å². The molecule has 2 aliphatic rings. The van der Waals surface area contributed by atoms with Gasteiger partial charge in [-0.3, -0.25) is 4.90 Å². The van der Waals surface area contributed by atoms with Crippen molar-refractivity contribution in [3.8, 4) is 0 Å². The van der Waals surface area contributed by atoms with E-state index in [1.807, 2.05) is 6.07 Å². The molecule has 3 heteroatoms. The highest BCUT2D eigenvalue weighted by atomic mass is 19.1. The van der Waals surface area contributed by atoms with Gasteiger partial charge in [0.2, 0.25) is 0 Å². The van der Waals surface area contributed by atoms with Gasteiger partial charge in [-0.15, -0.1) is 0 Å². The molecule has 1 fully saturated rings. The van der Waals surface area contributed by atoms with Gasteiger partial charge in [0.05, 0.1) is 0 Å². The summed E-state index contributed by atoms with van der Waals surface area (Å²) in [4.78, 5) is 5.00. The third-order valence-corrected chi connectivity index (χ3v) is 5.45. The first-order valence-corrected chi connectivity index (χ1v) is 8.56. The zero-order chi connectivity index (χ0) is 15.8. The van der Waals surface area contributed by atoms with E-state index in [1.165, 1.54) is 11.1 Å². The predicted molar refractivity (Wildman–Crippen MR) is 92.3 cm³/mol. The minimum Gasteiger partial charge on any atom is -0.366 e. The molecule has 2 atom stereocenters. The number of rotatable bonds is 2. The van der Waals surface area contributed by atoms with Crippen molar-refractivity contribution in [2.45, 2.75) is 31.8 Å². The van der Waals surface area contributed by atoms with Crippen LogP contribution < -0.4 is 4.90 Å². The summed E-state index contributed by atoms with van der Waals surface area (Å²) in [6.07, 6.45) is 2.22. The largest absolute Gasteiger partial charge is 0.366 e. The lowest BCUT2D eigenvalue weighted by Gasteiger charge is -2.47. The SMILES string of the molecule is CC(c1ccccc1)N1CCN2c3cc(F)ccc3CCC2C1. The average molecular weight is 310 g/mol. The molecule has 0 N–H and O–H groups in total. The molecule has 0 spiro atoms. The second-order valence-corrected chi connectivity index (χ2v) is 6.74. The van der Waals surface area contributed by atoms with Gasteiger partial charge in [0.25, 0.3) is 0 Å². The molecule has 0 bridgehead atoms. The smallest absolute Gasteiger partial charge is 0.125 e. The van der Waals surface area contributed by atoms with Crippen molar-refractivity contribution in [2.75, 3.05) is 24.5 Å². The monoisotopic (exact) mass is 310 g/mol. The minimum atomic E-state index is -0.121. The topological polar surface area (TPSA) is 6.48 Å². The molecule has 1 saturated heterocycles. The second-order valence-electron chi connectivity index (χ2n) is 6.74. The van der Waals surface area contributed by atoms with Crippen molar-refractivity contribution in [2.24, 2.45) is 0 Å². The van der Waals surface area contributed by atoms with Crippen LogP contribution in [-0.4, -0.2) is 30.6 Å². The van der Waals surface area contributed by atoms with Crippen molar-refractivity contribution >= 4 is 5.69 Å². The zero-order valence-electron chi connectivity index (χ0n) is 13.6. The molecule has 2 nitrogen and oxygen atoms in total. The van der Waals surface area contributed by atoms with Crippen LogP contribution in [-0.2, 0) is 6.42 Å². The highest BCUT2D eigenvalue weighted by molar-refractivity contribution is 5.57. The van der Waals surface area contributed by atoms with Crippen molar-refractivity contribution in [3.63, 3.8) is 0 Å². The maximum absolute atomic E-state index is 13.6. The standard InChI is InChI=1S/C20H23FN2/c1-15(16-5-3-2-4-6-16)22-11-12-23-19(14-22)10-8-17-7-9-18(21)13-20(17)23/h2-7,9,13,15,19H,8,10-12,14H2,1H3. The van der Waals surface area contributed by atoms with Gasteiger partial charge in [-0.1, -0.05) is 36.4 Å². The van der Waals surface area contributed by atoms with Crippen LogP contribution in [0.1, 0.15) is 30.5 Å². The summed E-state index contributed by atoms with van der Waals surface area (Å²) in [6, 6.07) is 16.9. The number of hydrogen-bond donors (Lipinski definition) is 0. The summed E-state index contributed by atoms with van der Waals surface area (Å²) < 4.78 is 13.6. The van der Waals surface area contributed by atoms with Crippen LogP contribution in [0.2, 0.25) is 0 Å². The van der Waals surface area contributed by atoms with Crippen LogP contribution in [0.5, 0.6) is 0 Å². The van der Waals surface area contributed by atoms with Crippen molar-refractivity contribution in [3.05, 3.63) is 65.5 Å². The summed E-state index contributed by atoms with van der Waals surface area (Å²) in [5, 5.41) is 0. The molecular formula is C20H23FN2. The molecule has 2 aromatic carbocycles. The molecule has 2 unspecified atom stereocenters. The fourth-order valence-corrected chi connectivity index (χ4v) is 4.08.